The van der Waals surface area contributed by atoms with E-state index in [2.05, 4.69) is 151 Å². The van der Waals surface area contributed by atoms with Gasteiger partial charge < -0.3 is 5.32 Å². The molecule has 0 heterocycles. The Kier molecular flexibility index (Phi) is 5.58. The lowest BCUT2D eigenvalue weighted by Gasteiger charge is -2.18. The van der Waals surface area contributed by atoms with E-state index in [1.54, 1.807) is 0 Å². The summed E-state index contributed by atoms with van der Waals surface area (Å²) in [5.41, 5.74) is 9.48. The summed E-state index contributed by atoms with van der Waals surface area (Å²) < 4.78 is 0. The van der Waals surface area contributed by atoms with Crippen LogP contribution in [-0.2, 0) is 0 Å². The van der Waals surface area contributed by atoms with Crippen molar-refractivity contribution in [2.75, 3.05) is 5.32 Å². The third kappa shape index (κ3) is 4.32. The van der Waals surface area contributed by atoms with E-state index in [1.165, 1.54) is 44.2 Å². The van der Waals surface area contributed by atoms with Gasteiger partial charge in [0.1, 0.15) is 0 Å². The molecule has 0 saturated carbocycles. The van der Waals surface area contributed by atoms with E-state index in [1.807, 2.05) is 0 Å². The largest absolute Gasteiger partial charge is 0.355 e. The van der Waals surface area contributed by atoms with Gasteiger partial charge >= 0.3 is 0 Å². The fourth-order valence-electron chi connectivity index (χ4n) is 4.72. The van der Waals surface area contributed by atoms with Crippen molar-refractivity contribution in [3.63, 3.8) is 0 Å². The highest BCUT2D eigenvalue weighted by Gasteiger charge is 2.13. The van der Waals surface area contributed by atoms with Crippen LogP contribution in [0.3, 0.4) is 0 Å². The molecular formula is C34H25N. The summed E-state index contributed by atoms with van der Waals surface area (Å²) in [6.07, 6.45) is 0. The summed E-state index contributed by atoms with van der Waals surface area (Å²) in [6, 6.07) is 51.5. The molecule has 1 nitrogen and oxygen atoms in total. The molecule has 0 bridgehead atoms. The molecule has 0 radical (unpaired) electrons. The first-order valence-corrected chi connectivity index (χ1v) is 12.0. The van der Waals surface area contributed by atoms with E-state index in [0.29, 0.717) is 0 Å². The lowest BCUT2D eigenvalue weighted by atomic mass is 9.93. The minimum absolute atomic E-state index is 1.08. The van der Waals surface area contributed by atoms with Crippen molar-refractivity contribution in [2.45, 2.75) is 0 Å². The van der Waals surface area contributed by atoms with Crippen molar-refractivity contribution in [1.29, 1.82) is 0 Å². The fraction of sp³-hybridized carbons (Fsp3) is 0. The summed E-state index contributed by atoms with van der Waals surface area (Å²) >= 11 is 0. The Balaban J connectivity index is 1.41. The highest BCUT2D eigenvalue weighted by molar-refractivity contribution is 5.95. The molecule has 0 aliphatic rings. The third-order valence-corrected chi connectivity index (χ3v) is 6.44. The van der Waals surface area contributed by atoms with Crippen molar-refractivity contribution >= 4 is 22.1 Å². The third-order valence-electron chi connectivity index (χ3n) is 6.44. The van der Waals surface area contributed by atoms with Crippen molar-refractivity contribution in [3.05, 3.63) is 146 Å². The van der Waals surface area contributed by atoms with Crippen molar-refractivity contribution in [3.8, 4) is 33.4 Å². The molecule has 0 fully saturated rings. The second-order valence-electron chi connectivity index (χ2n) is 8.73. The number of hydrogen-bond donors (Lipinski definition) is 1. The quantitative estimate of drug-likeness (QED) is 0.277. The molecule has 0 amide bonds. The van der Waals surface area contributed by atoms with Gasteiger partial charge in [0.25, 0.3) is 0 Å². The van der Waals surface area contributed by atoms with Gasteiger partial charge in [-0.15, -0.1) is 0 Å². The van der Waals surface area contributed by atoms with Crippen LogP contribution in [0.4, 0.5) is 11.4 Å². The molecular weight excluding hydrogens is 422 g/mol. The number of hydrogen-bond acceptors (Lipinski definition) is 1. The van der Waals surface area contributed by atoms with Crippen LogP contribution in [-0.4, -0.2) is 0 Å². The van der Waals surface area contributed by atoms with Gasteiger partial charge in [-0.25, -0.2) is 0 Å². The molecule has 6 aromatic rings. The van der Waals surface area contributed by atoms with Crippen LogP contribution < -0.4 is 5.32 Å². The van der Waals surface area contributed by atoms with Crippen LogP contribution in [0, 0.1) is 0 Å². The number of fused-ring (bicyclic) bond motifs is 1. The topological polar surface area (TPSA) is 12.0 Å². The molecule has 1 N–H and O–H groups in total. The van der Waals surface area contributed by atoms with Gasteiger partial charge in [-0.2, -0.15) is 0 Å². The molecule has 0 aliphatic heterocycles. The van der Waals surface area contributed by atoms with Gasteiger partial charge in [0, 0.05) is 16.9 Å². The molecule has 0 atom stereocenters. The van der Waals surface area contributed by atoms with E-state index in [4.69, 9.17) is 0 Å². The van der Waals surface area contributed by atoms with Gasteiger partial charge in [-0.1, -0.05) is 121 Å². The van der Waals surface area contributed by atoms with Gasteiger partial charge in [-0.3, -0.25) is 0 Å². The average molecular weight is 448 g/mol. The molecule has 0 aliphatic carbocycles. The van der Waals surface area contributed by atoms with Crippen molar-refractivity contribution < 1.29 is 0 Å². The van der Waals surface area contributed by atoms with Crippen LogP contribution in [0.25, 0.3) is 44.2 Å². The Morgan fingerprint density at radius 1 is 0.371 bits per heavy atom. The molecule has 6 rings (SSSR count). The van der Waals surface area contributed by atoms with Crippen LogP contribution in [0.15, 0.2) is 146 Å². The summed E-state index contributed by atoms with van der Waals surface area (Å²) in [4.78, 5) is 0. The fourth-order valence-corrected chi connectivity index (χ4v) is 4.72. The maximum Gasteiger partial charge on any atom is 0.0470 e. The zero-order valence-electron chi connectivity index (χ0n) is 19.4. The predicted molar refractivity (Wildman–Crippen MR) is 150 cm³/mol. The normalized spacial score (nSPS) is 10.9. The molecule has 166 valence electrons. The van der Waals surface area contributed by atoms with E-state index in [0.717, 1.165) is 11.4 Å². The minimum atomic E-state index is 1.08. The highest BCUT2D eigenvalue weighted by Crippen LogP contribution is 2.39. The van der Waals surface area contributed by atoms with Gasteiger partial charge in [0.2, 0.25) is 0 Å². The zero-order chi connectivity index (χ0) is 23.5. The smallest absolute Gasteiger partial charge is 0.0470 e. The lowest BCUT2D eigenvalue weighted by molar-refractivity contribution is 1.53. The molecule has 0 spiro atoms. The van der Waals surface area contributed by atoms with E-state index in [9.17, 15) is 0 Å². The number of benzene rings is 6. The number of nitrogens with one attached hydrogen (secondary N) is 1. The minimum Gasteiger partial charge on any atom is -0.355 e. The summed E-state index contributed by atoms with van der Waals surface area (Å²) in [5.74, 6) is 0. The Labute approximate surface area is 206 Å². The van der Waals surface area contributed by atoms with Gasteiger partial charge in [0.15, 0.2) is 0 Å². The van der Waals surface area contributed by atoms with E-state index < -0.39 is 0 Å². The first-order chi connectivity index (χ1) is 17.3. The average Bonchev–Trinajstić information content (AvgIpc) is 2.94. The SMILES string of the molecule is c1ccc(-c2ccc3cc(Nc4cccc(-c5ccccc5)c4-c4ccccc4)ccc3c2)cc1. The summed E-state index contributed by atoms with van der Waals surface area (Å²) in [5, 5.41) is 6.17. The van der Waals surface area contributed by atoms with Crippen LogP contribution in [0.2, 0.25) is 0 Å². The van der Waals surface area contributed by atoms with Crippen LogP contribution in [0.5, 0.6) is 0 Å². The molecule has 1 heteroatoms. The predicted octanol–water partition coefficient (Wildman–Crippen LogP) is 9.58. The monoisotopic (exact) mass is 447 g/mol. The molecule has 0 saturated heterocycles. The second kappa shape index (κ2) is 9.32. The molecule has 35 heavy (non-hydrogen) atoms. The van der Waals surface area contributed by atoms with E-state index >= 15 is 0 Å². The van der Waals surface area contributed by atoms with Crippen LogP contribution >= 0.6 is 0 Å². The Morgan fingerprint density at radius 2 is 0.971 bits per heavy atom. The van der Waals surface area contributed by atoms with Crippen molar-refractivity contribution in [1.82, 2.24) is 0 Å². The summed E-state index contributed by atoms with van der Waals surface area (Å²) in [6.45, 7) is 0. The first-order valence-electron chi connectivity index (χ1n) is 12.0. The molecule has 6 aromatic carbocycles. The summed E-state index contributed by atoms with van der Waals surface area (Å²) in [7, 11) is 0. The molecule has 0 aromatic heterocycles. The number of anilines is 2. The van der Waals surface area contributed by atoms with Gasteiger partial charge in [-0.05, 0) is 62.9 Å². The first kappa shape index (κ1) is 20.9. The Morgan fingerprint density at radius 3 is 1.69 bits per heavy atom. The Bertz CT molecular complexity index is 1590. The zero-order valence-corrected chi connectivity index (χ0v) is 19.4. The highest BCUT2D eigenvalue weighted by atomic mass is 14.9. The number of rotatable bonds is 5. The lowest BCUT2D eigenvalue weighted by Crippen LogP contribution is -1.96. The Hall–Kier alpha value is -4.62. The maximum atomic E-state index is 3.72. The van der Waals surface area contributed by atoms with E-state index in [-0.39, 0.29) is 0 Å². The second-order valence-corrected chi connectivity index (χ2v) is 8.73. The van der Waals surface area contributed by atoms with Crippen LogP contribution in [0.1, 0.15) is 0 Å². The van der Waals surface area contributed by atoms with Crippen molar-refractivity contribution in [2.24, 2.45) is 0 Å². The standard InChI is InChI=1S/C34H25N/c1-4-11-25(12-5-1)28-19-20-30-24-31(22-21-29(30)23-28)35-33-18-10-17-32(26-13-6-2-7-14-26)34(33)27-15-8-3-9-16-27/h1-24,35H. The van der Waals surface area contributed by atoms with Gasteiger partial charge in [0.05, 0.1) is 0 Å². The maximum absolute atomic E-state index is 3.72. The molecule has 0 unspecified atom stereocenters.